The molecule has 2 N–H and O–H groups in total. The molecule has 17 heavy (non-hydrogen) atoms. The smallest absolute Gasteiger partial charge is 0.147 e. The van der Waals surface area contributed by atoms with Crippen LogP contribution in [0.25, 0.3) is 0 Å². The van der Waals surface area contributed by atoms with Gasteiger partial charge in [0, 0.05) is 38.6 Å². The number of nitrogens with two attached hydrogens (primary N) is 1. The molecule has 1 aromatic heterocycles. The van der Waals surface area contributed by atoms with E-state index in [9.17, 15) is 0 Å². The monoisotopic (exact) mass is 235 g/mol. The molecule has 1 aliphatic heterocycles. The van der Waals surface area contributed by atoms with Crippen LogP contribution in [-0.2, 0) is 0 Å². The van der Waals surface area contributed by atoms with E-state index in [1.165, 1.54) is 13.0 Å². The summed E-state index contributed by atoms with van der Waals surface area (Å²) >= 11 is 0. The van der Waals surface area contributed by atoms with Crippen molar-refractivity contribution in [2.45, 2.75) is 12.8 Å². The maximum Gasteiger partial charge on any atom is 0.147 e. The van der Waals surface area contributed by atoms with Gasteiger partial charge in [-0.3, -0.25) is 9.88 Å². The van der Waals surface area contributed by atoms with E-state index in [0.717, 1.165) is 45.0 Å². The Morgan fingerprint density at radius 3 is 2.59 bits per heavy atom. The fourth-order valence-electron chi connectivity index (χ4n) is 2.13. The molecular weight excluding hydrogens is 214 g/mol. The summed E-state index contributed by atoms with van der Waals surface area (Å²) in [6.45, 7) is 6.29. The van der Waals surface area contributed by atoms with E-state index in [0.29, 0.717) is 0 Å². The molecule has 0 saturated carbocycles. The van der Waals surface area contributed by atoms with Gasteiger partial charge in [0.15, 0.2) is 0 Å². The number of anilines is 1. The van der Waals surface area contributed by atoms with E-state index in [2.05, 4.69) is 19.8 Å². The van der Waals surface area contributed by atoms with Crippen molar-refractivity contribution in [1.29, 1.82) is 0 Å². The summed E-state index contributed by atoms with van der Waals surface area (Å²) in [4.78, 5) is 13.2. The number of hydrogen-bond acceptors (Lipinski definition) is 5. The molecule has 0 aromatic carbocycles. The van der Waals surface area contributed by atoms with Crippen LogP contribution in [0.5, 0.6) is 0 Å². The van der Waals surface area contributed by atoms with Gasteiger partial charge in [0.25, 0.3) is 0 Å². The molecule has 5 nitrogen and oxygen atoms in total. The van der Waals surface area contributed by atoms with E-state index in [1.807, 2.05) is 6.20 Å². The van der Waals surface area contributed by atoms with E-state index >= 15 is 0 Å². The molecule has 0 aliphatic carbocycles. The Kier molecular flexibility index (Phi) is 4.70. The molecule has 0 radical (unpaired) electrons. The van der Waals surface area contributed by atoms with Crippen molar-refractivity contribution in [2.24, 2.45) is 5.73 Å². The van der Waals surface area contributed by atoms with Gasteiger partial charge in [-0.2, -0.15) is 0 Å². The molecule has 1 aromatic rings. The minimum absolute atomic E-state index is 0.805. The first-order valence-electron chi connectivity index (χ1n) is 6.33. The normalized spacial score (nSPS) is 17.4. The quantitative estimate of drug-likeness (QED) is 0.746. The third kappa shape index (κ3) is 3.64. The number of piperazine rings is 1. The van der Waals surface area contributed by atoms with Gasteiger partial charge < -0.3 is 10.6 Å². The van der Waals surface area contributed by atoms with Gasteiger partial charge >= 0.3 is 0 Å². The fourth-order valence-corrected chi connectivity index (χ4v) is 2.13. The highest BCUT2D eigenvalue weighted by atomic mass is 15.3. The van der Waals surface area contributed by atoms with Gasteiger partial charge in [-0.05, 0) is 25.9 Å². The van der Waals surface area contributed by atoms with Crippen LogP contribution in [-0.4, -0.2) is 54.1 Å². The van der Waals surface area contributed by atoms with Crippen LogP contribution in [0.2, 0.25) is 0 Å². The highest BCUT2D eigenvalue weighted by Gasteiger charge is 2.17. The minimum atomic E-state index is 0.805. The van der Waals surface area contributed by atoms with Gasteiger partial charge in [0.1, 0.15) is 5.82 Å². The van der Waals surface area contributed by atoms with Crippen molar-refractivity contribution in [3.8, 4) is 0 Å². The average Bonchev–Trinajstić information content (AvgIpc) is 2.41. The van der Waals surface area contributed by atoms with Crippen molar-refractivity contribution in [2.75, 3.05) is 44.2 Å². The molecule has 1 aliphatic rings. The van der Waals surface area contributed by atoms with Crippen LogP contribution in [0.15, 0.2) is 18.6 Å². The Balaban J connectivity index is 1.74. The summed E-state index contributed by atoms with van der Waals surface area (Å²) in [5, 5.41) is 0. The number of hydrogen-bond donors (Lipinski definition) is 1. The SMILES string of the molecule is NCCCCN1CCN(c2cnccn2)CC1. The van der Waals surface area contributed by atoms with E-state index in [-0.39, 0.29) is 0 Å². The maximum atomic E-state index is 5.50. The Morgan fingerprint density at radius 2 is 1.94 bits per heavy atom. The second-order valence-corrected chi connectivity index (χ2v) is 4.39. The minimum Gasteiger partial charge on any atom is -0.353 e. The Hall–Kier alpha value is -1.20. The predicted molar refractivity (Wildman–Crippen MR) is 69.0 cm³/mol. The Bertz CT molecular complexity index is 308. The molecular formula is C12H21N5. The highest BCUT2D eigenvalue weighted by Crippen LogP contribution is 2.11. The van der Waals surface area contributed by atoms with Crippen molar-refractivity contribution in [3.05, 3.63) is 18.6 Å². The van der Waals surface area contributed by atoms with E-state index in [1.54, 1.807) is 12.4 Å². The Morgan fingerprint density at radius 1 is 1.12 bits per heavy atom. The zero-order valence-electron chi connectivity index (χ0n) is 10.3. The molecule has 0 amide bonds. The lowest BCUT2D eigenvalue weighted by molar-refractivity contribution is 0.253. The van der Waals surface area contributed by atoms with Crippen molar-refractivity contribution >= 4 is 5.82 Å². The van der Waals surface area contributed by atoms with Gasteiger partial charge in [0.05, 0.1) is 6.20 Å². The lowest BCUT2D eigenvalue weighted by Gasteiger charge is -2.35. The van der Waals surface area contributed by atoms with Gasteiger partial charge in [0.2, 0.25) is 0 Å². The largest absolute Gasteiger partial charge is 0.353 e. The van der Waals surface area contributed by atoms with Crippen LogP contribution in [0.1, 0.15) is 12.8 Å². The lowest BCUT2D eigenvalue weighted by Crippen LogP contribution is -2.47. The first-order chi connectivity index (χ1) is 8.40. The van der Waals surface area contributed by atoms with Gasteiger partial charge in [-0.15, -0.1) is 0 Å². The average molecular weight is 235 g/mol. The molecule has 2 rings (SSSR count). The maximum absolute atomic E-state index is 5.50. The molecule has 0 spiro atoms. The Labute approximate surface area is 103 Å². The third-order valence-electron chi connectivity index (χ3n) is 3.17. The second kappa shape index (κ2) is 6.51. The predicted octanol–water partition coefficient (Wildman–Crippen LogP) is 0.338. The topological polar surface area (TPSA) is 58.3 Å². The third-order valence-corrected chi connectivity index (χ3v) is 3.17. The summed E-state index contributed by atoms with van der Waals surface area (Å²) in [7, 11) is 0. The van der Waals surface area contributed by atoms with Crippen LogP contribution >= 0.6 is 0 Å². The van der Waals surface area contributed by atoms with Crippen molar-refractivity contribution in [1.82, 2.24) is 14.9 Å². The molecule has 1 fully saturated rings. The van der Waals surface area contributed by atoms with Gasteiger partial charge in [-0.25, -0.2) is 4.98 Å². The molecule has 2 heterocycles. The number of aromatic nitrogens is 2. The van der Waals surface area contributed by atoms with Crippen molar-refractivity contribution < 1.29 is 0 Å². The van der Waals surface area contributed by atoms with E-state index < -0.39 is 0 Å². The van der Waals surface area contributed by atoms with Crippen molar-refractivity contribution in [3.63, 3.8) is 0 Å². The molecule has 5 heteroatoms. The van der Waals surface area contributed by atoms with Gasteiger partial charge in [-0.1, -0.05) is 0 Å². The highest BCUT2D eigenvalue weighted by molar-refractivity contribution is 5.35. The summed E-state index contributed by atoms with van der Waals surface area (Å²) in [6.07, 6.45) is 7.64. The first-order valence-corrected chi connectivity index (χ1v) is 6.33. The molecule has 1 saturated heterocycles. The zero-order valence-corrected chi connectivity index (χ0v) is 10.3. The standard InChI is InChI=1S/C12H21N5/c13-3-1-2-6-16-7-9-17(10-8-16)12-11-14-4-5-15-12/h4-5,11H,1-3,6-10,13H2. The number of unbranched alkanes of at least 4 members (excludes halogenated alkanes) is 1. The molecule has 0 bridgehead atoms. The molecule has 94 valence electrons. The second-order valence-electron chi connectivity index (χ2n) is 4.39. The molecule has 0 atom stereocenters. The zero-order chi connectivity index (χ0) is 11.9. The van der Waals surface area contributed by atoms with Crippen LogP contribution in [0.4, 0.5) is 5.82 Å². The summed E-state index contributed by atoms with van der Waals surface area (Å²) in [6, 6.07) is 0. The van der Waals surface area contributed by atoms with Crippen LogP contribution in [0, 0.1) is 0 Å². The molecule has 0 unspecified atom stereocenters. The fraction of sp³-hybridized carbons (Fsp3) is 0.667. The first kappa shape index (κ1) is 12.3. The summed E-state index contributed by atoms with van der Waals surface area (Å²) in [5.74, 6) is 0.995. The number of nitrogens with zero attached hydrogens (tertiary/aromatic N) is 4. The van der Waals surface area contributed by atoms with Crippen LogP contribution in [0.3, 0.4) is 0 Å². The number of rotatable bonds is 5. The van der Waals surface area contributed by atoms with E-state index in [4.69, 9.17) is 5.73 Å². The lowest BCUT2D eigenvalue weighted by atomic mass is 10.2. The summed E-state index contributed by atoms with van der Waals surface area (Å²) < 4.78 is 0. The summed E-state index contributed by atoms with van der Waals surface area (Å²) in [5.41, 5.74) is 5.50. The van der Waals surface area contributed by atoms with Crippen LogP contribution < -0.4 is 10.6 Å².